The number of nitrogens with two attached hydrogens (primary N) is 1. The van der Waals surface area contributed by atoms with Crippen LogP contribution in [0.2, 0.25) is 0 Å². The molecule has 0 amide bonds. The van der Waals surface area contributed by atoms with Gasteiger partial charge in [0, 0.05) is 22.6 Å². The Morgan fingerprint density at radius 2 is 2.64 bits per heavy atom. The van der Waals surface area contributed by atoms with Crippen LogP contribution in [0.1, 0.15) is 4.88 Å². The highest BCUT2D eigenvalue weighted by atomic mass is 32.2. The van der Waals surface area contributed by atoms with Gasteiger partial charge >= 0.3 is 5.97 Å². The van der Waals surface area contributed by atoms with Crippen molar-refractivity contribution in [2.45, 2.75) is 11.8 Å². The van der Waals surface area contributed by atoms with Crippen molar-refractivity contribution in [3.63, 3.8) is 0 Å². The molecule has 0 aliphatic heterocycles. The van der Waals surface area contributed by atoms with E-state index < -0.39 is 6.04 Å². The van der Waals surface area contributed by atoms with E-state index >= 15 is 0 Å². The Morgan fingerprint density at radius 3 is 3.21 bits per heavy atom. The first-order valence-electron chi connectivity index (χ1n) is 4.02. The Labute approximate surface area is 90.9 Å². The Balaban J connectivity index is 2.18. The molecular formula is C8H12N2O2S2. The summed E-state index contributed by atoms with van der Waals surface area (Å²) in [4.78, 5) is 16.1. The highest BCUT2D eigenvalue weighted by Crippen LogP contribution is 2.15. The monoisotopic (exact) mass is 232 g/mol. The van der Waals surface area contributed by atoms with Gasteiger partial charge in [0.1, 0.15) is 6.04 Å². The van der Waals surface area contributed by atoms with E-state index in [1.165, 1.54) is 12.0 Å². The van der Waals surface area contributed by atoms with Crippen LogP contribution in [0.5, 0.6) is 0 Å². The molecule has 1 heterocycles. The number of thiazole rings is 1. The SMILES string of the molecule is COC(=O)C(N)CSCc1cncs1. The lowest BCUT2D eigenvalue weighted by Gasteiger charge is -2.07. The molecule has 1 rings (SSSR count). The molecule has 0 radical (unpaired) electrons. The molecule has 2 N–H and O–H groups in total. The van der Waals surface area contributed by atoms with Crippen LogP contribution in [-0.4, -0.2) is 29.9 Å². The van der Waals surface area contributed by atoms with Crippen molar-refractivity contribution in [3.8, 4) is 0 Å². The van der Waals surface area contributed by atoms with E-state index in [0.717, 1.165) is 5.75 Å². The summed E-state index contributed by atoms with van der Waals surface area (Å²) in [6.45, 7) is 0. The van der Waals surface area contributed by atoms with Crippen molar-refractivity contribution in [1.29, 1.82) is 0 Å². The maximum absolute atomic E-state index is 10.9. The molecule has 0 aliphatic rings. The Morgan fingerprint density at radius 1 is 1.86 bits per heavy atom. The van der Waals surface area contributed by atoms with Crippen molar-refractivity contribution >= 4 is 29.1 Å². The molecule has 0 bridgehead atoms. The first-order valence-corrected chi connectivity index (χ1v) is 6.06. The fourth-order valence-electron chi connectivity index (χ4n) is 0.819. The number of methoxy groups -OCH3 is 1. The molecule has 0 saturated carbocycles. The van der Waals surface area contributed by atoms with Gasteiger partial charge in [-0.2, -0.15) is 11.8 Å². The topological polar surface area (TPSA) is 65.2 Å². The van der Waals surface area contributed by atoms with Crippen molar-refractivity contribution < 1.29 is 9.53 Å². The maximum Gasteiger partial charge on any atom is 0.323 e. The van der Waals surface area contributed by atoms with Gasteiger partial charge in [0.05, 0.1) is 12.6 Å². The molecule has 0 fully saturated rings. The van der Waals surface area contributed by atoms with Crippen molar-refractivity contribution in [3.05, 3.63) is 16.6 Å². The van der Waals surface area contributed by atoms with Gasteiger partial charge in [-0.25, -0.2) is 0 Å². The summed E-state index contributed by atoms with van der Waals surface area (Å²) in [5.41, 5.74) is 7.35. The predicted octanol–water partition coefficient (Wildman–Crippen LogP) is 0.877. The van der Waals surface area contributed by atoms with Crippen LogP contribution in [-0.2, 0) is 15.3 Å². The van der Waals surface area contributed by atoms with E-state index in [0.29, 0.717) is 5.75 Å². The average molecular weight is 232 g/mol. The molecule has 1 atom stereocenters. The fraction of sp³-hybridized carbons (Fsp3) is 0.500. The number of esters is 1. The largest absolute Gasteiger partial charge is 0.468 e. The minimum Gasteiger partial charge on any atom is -0.468 e. The fourth-order valence-corrected chi connectivity index (χ4v) is 2.50. The first-order chi connectivity index (χ1) is 6.74. The molecule has 0 saturated heterocycles. The van der Waals surface area contributed by atoms with Crippen LogP contribution in [0.15, 0.2) is 11.7 Å². The quantitative estimate of drug-likeness (QED) is 0.763. The summed E-state index contributed by atoms with van der Waals surface area (Å²) in [6.07, 6.45) is 1.82. The van der Waals surface area contributed by atoms with Crippen LogP contribution < -0.4 is 5.73 Å². The summed E-state index contributed by atoms with van der Waals surface area (Å²) >= 11 is 3.21. The van der Waals surface area contributed by atoms with E-state index in [2.05, 4.69) is 9.72 Å². The minimum absolute atomic E-state index is 0.359. The van der Waals surface area contributed by atoms with E-state index in [4.69, 9.17) is 5.73 Å². The van der Waals surface area contributed by atoms with Crippen LogP contribution >= 0.6 is 23.1 Å². The standard InChI is InChI=1S/C8H12N2O2S2/c1-12-8(11)7(9)4-13-3-6-2-10-5-14-6/h2,5,7H,3-4,9H2,1H3. The predicted molar refractivity (Wildman–Crippen MR) is 58.3 cm³/mol. The first kappa shape index (κ1) is 11.5. The lowest BCUT2D eigenvalue weighted by molar-refractivity contribution is -0.141. The smallest absolute Gasteiger partial charge is 0.323 e. The zero-order valence-corrected chi connectivity index (χ0v) is 9.44. The Hall–Kier alpha value is -0.590. The lowest BCUT2D eigenvalue weighted by Crippen LogP contribution is -2.33. The van der Waals surface area contributed by atoms with Gasteiger partial charge in [0.2, 0.25) is 0 Å². The molecule has 0 spiro atoms. The number of hydrogen-bond donors (Lipinski definition) is 1. The molecular weight excluding hydrogens is 220 g/mol. The molecule has 78 valence electrons. The van der Waals surface area contributed by atoms with Crippen LogP contribution in [0.25, 0.3) is 0 Å². The summed E-state index contributed by atoms with van der Waals surface area (Å²) in [6, 6.07) is -0.530. The highest BCUT2D eigenvalue weighted by Gasteiger charge is 2.13. The average Bonchev–Trinajstić information content (AvgIpc) is 2.69. The van der Waals surface area contributed by atoms with Crippen LogP contribution in [0.4, 0.5) is 0 Å². The Bertz CT molecular complexity index is 277. The third kappa shape index (κ3) is 3.65. The summed E-state index contributed by atoms with van der Waals surface area (Å²) in [5.74, 6) is 1.06. The number of aromatic nitrogens is 1. The molecule has 1 unspecified atom stereocenters. The van der Waals surface area contributed by atoms with E-state index in [9.17, 15) is 4.79 Å². The van der Waals surface area contributed by atoms with Gasteiger partial charge in [-0.1, -0.05) is 0 Å². The van der Waals surface area contributed by atoms with Gasteiger partial charge in [0.25, 0.3) is 0 Å². The normalized spacial score (nSPS) is 12.4. The lowest BCUT2D eigenvalue weighted by atomic mass is 10.4. The number of carbonyl (C=O) groups excluding carboxylic acids is 1. The molecule has 0 aromatic carbocycles. The van der Waals surface area contributed by atoms with E-state index in [1.54, 1.807) is 28.6 Å². The summed E-state index contributed by atoms with van der Waals surface area (Å²) in [7, 11) is 1.34. The number of hydrogen-bond acceptors (Lipinski definition) is 6. The number of carbonyl (C=O) groups is 1. The maximum atomic E-state index is 10.9. The molecule has 14 heavy (non-hydrogen) atoms. The minimum atomic E-state index is -0.530. The number of rotatable bonds is 5. The van der Waals surface area contributed by atoms with Gasteiger partial charge in [0.15, 0.2) is 0 Å². The van der Waals surface area contributed by atoms with Crippen molar-refractivity contribution in [2.24, 2.45) is 5.73 Å². The van der Waals surface area contributed by atoms with E-state index in [-0.39, 0.29) is 5.97 Å². The molecule has 1 aromatic rings. The van der Waals surface area contributed by atoms with Crippen LogP contribution in [0, 0.1) is 0 Å². The van der Waals surface area contributed by atoms with Gasteiger partial charge < -0.3 is 10.5 Å². The third-order valence-corrected chi connectivity index (χ3v) is 3.60. The molecule has 1 aromatic heterocycles. The number of ether oxygens (including phenoxy) is 1. The van der Waals surface area contributed by atoms with Crippen molar-refractivity contribution in [1.82, 2.24) is 4.98 Å². The second-order valence-corrected chi connectivity index (χ2v) is 4.61. The van der Waals surface area contributed by atoms with Gasteiger partial charge in [-0.3, -0.25) is 9.78 Å². The van der Waals surface area contributed by atoms with E-state index in [1.807, 2.05) is 6.20 Å². The number of thioether (sulfide) groups is 1. The third-order valence-electron chi connectivity index (χ3n) is 1.53. The van der Waals surface area contributed by atoms with Crippen molar-refractivity contribution in [2.75, 3.05) is 12.9 Å². The molecule has 4 nitrogen and oxygen atoms in total. The molecule has 6 heteroatoms. The van der Waals surface area contributed by atoms with Gasteiger partial charge in [-0.15, -0.1) is 11.3 Å². The highest BCUT2D eigenvalue weighted by molar-refractivity contribution is 7.98. The van der Waals surface area contributed by atoms with Gasteiger partial charge in [-0.05, 0) is 0 Å². The summed E-state index contributed by atoms with van der Waals surface area (Å²) < 4.78 is 4.51. The zero-order chi connectivity index (χ0) is 10.4. The summed E-state index contributed by atoms with van der Waals surface area (Å²) in [5, 5.41) is 0. The zero-order valence-electron chi connectivity index (χ0n) is 7.80. The second-order valence-electron chi connectivity index (χ2n) is 2.61. The Kier molecular flexibility index (Phi) is 4.92. The second kappa shape index (κ2) is 6.00. The van der Waals surface area contributed by atoms with Crippen LogP contribution in [0.3, 0.4) is 0 Å². The molecule has 0 aliphatic carbocycles. The number of nitrogens with zero attached hydrogens (tertiary/aromatic N) is 1.